The first kappa shape index (κ1) is 19.5. The van der Waals surface area contributed by atoms with Crippen LogP contribution in [0.3, 0.4) is 0 Å². The van der Waals surface area contributed by atoms with Crippen LogP contribution >= 0.6 is 0 Å². The highest BCUT2D eigenvalue weighted by molar-refractivity contribution is 5.64. The molecule has 150 valence electrons. The lowest BCUT2D eigenvalue weighted by Crippen LogP contribution is -2.01. The van der Waals surface area contributed by atoms with E-state index in [0.717, 1.165) is 23.1 Å². The first-order chi connectivity index (χ1) is 14.1. The van der Waals surface area contributed by atoms with Gasteiger partial charge in [-0.2, -0.15) is 4.39 Å². The summed E-state index contributed by atoms with van der Waals surface area (Å²) in [6.45, 7) is 2.59. The molecule has 1 heterocycles. The predicted molar refractivity (Wildman–Crippen MR) is 105 cm³/mol. The summed E-state index contributed by atoms with van der Waals surface area (Å²) in [5, 5.41) is 0. The van der Waals surface area contributed by atoms with Crippen molar-refractivity contribution in [3.8, 4) is 16.9 Å². The summed E-state index contributed by atoms with van der Waals surface area (Å²) in [5.74, 6) is -2.18. The second kappa shape index (κ2) is 8.29. The monoisotopic (exact) mass is 398 g/mol. The van der Waals surface area contributed by atoms with Crippen molar-refractivity contribution in [3.05, 3.63) is 88.7 Å². The molecule has 3 aromatic rings. The minimum Gasteiger partial charge on any atom is -0.486 e. The molecular weight excluding hydrogens is 377 g/mol. The van der Waals surface area contributed by atoms with Gasteiger partial charge in [0.05, 0.1) is 6.61 Å². The van der Waals surface area contributed by atoms with Crippen LogP contribution in [0.25, 0.3) is 11.1 Å². The Kier molecular flexibility index (Phi) is 5.58. The highest BCUT2D eigenvalue weighted by atomic mass is 19.2. The molecule has 1 unspecified atom stereocenters. The van der Waals surface area contributed by atoms with E-state index >= 15 is 0 Å². The molecule has 0 N–H and O–H groups in total. The van der Waals surface area contributed by atoms with E-state index in [9.17, 15) is 13.2 Å². The van der Waals surface area contributed by atoms with E-state index in [1.54, 1.807) is 12.1 Å². The van der Waals surface area contributed by atoms with Crippen LogP contribution in [0, 0.1) is 17.5 Å². The summed E-state index contributed by atoms with van der Waals surface area (Å²) < 4.78 is 53.0. The van der Waals surface area contributed by atoms with Crippen molar-refractivity contribution in [2.75, 3.05) is 6.61 Å². The quantitative estimate of drug-likeness (QED) is 0.431. The molecule has 1 atom stereocenters. The van der Waals surface area contributed by atoms with Crippen LogP contribution in [-0.2, 0) is 17.8 Å². The minimum absolute atomic E-state index is 0.105. The molecule has 1 aliphatic heterocycles. The molecule has 1 fully saturated rings. The Labute approximate surface area is 167 Å². The van der Waals surface area contributed by atoms with E-state index in [1.165, 1.54) is 12.1 Å². The van der Waals surface area contributed by atoms with E-state index in [2.05, 4.69) is 0 Å². The fourth-order valence-corrected chi connectivity index (χ4v) is 3.30. The second-order valence-electron chi connectivity index (χ2n) is 7.14. The van der Waals surface area contributed by atoms with E-state index < -0.39 is 11.6 Å². The van der Waals surface area contributed by atoms with Crippen LogP contribution < -0.4 is 4.74 Å². The van der Waals surface area contributed by atoms with E-state index in [-0.39, 0.29) is 24.3 Å². The van der Waals surface area contributed by atoms with E-state index in [4.69, 9.17) is 9.47 Å². The topological polar surface area (TPSA) is 21.8 Å². The lowest BCUT2D eigenvalue weighted by Gasteiger charge is -2.11. The van der Waals surface area contributed by atoms with Gasteiger partial charge in [0.2, 0.25) is 5.82 Å². The fraction of sp³-hybridized carbons (Fsp3) is 0.250. The van der Waals surface area contributed by atoms with Crippen LogP contribution in [0.4, 0.5) is 13.2 Å². The normalized spacial score (nSPS) is 15.4. The first-order valence-corrected chi connectivity index (χ1v) is 9.67. The maximum atomic E-state index is 14.2. The van der Waals surface area contributed by atoms with Crippen molar-refractivity contribution in [1.29, 1.82) is 0 Å². The highest BCUT2D eigenvalue weighted by Gasteiger charge is 2.27. The second-order valence-corrected chi connectivity index (χ2v) is 7.14. The fourth-order valence-electron chi connectivity index (χ4n) is 3.30. The van der Waals surface area contributed by atoms with Crippen LogP contribution in [0.2, 0.25) is 0 Å². The number of epoxide rings is 1. The number of rotatable bonds is 7. The van der Waals surface area contributed by atoms with Crippen LogP contribution in [0.1, 0.15) is 36.1 Å². The van der Waals surface area contributed by atoms with Crippen molar-refractivity contribution in [1.82, 2.24) is 0 Å². The number of hydrogen-bond acceptors (Lipinski definition) is 2. The van der Waals surface area contributed by atoms with Gasteiger partial charge in [-0.25, -0.2) is 8.78 Å². The van der Waals surface area contributed by atoms with Gasteiger partial charge in [0, 0.05) is 5.56 Å². The molecule has 1 aliphatic rings. The largest absolute Gasteiger partial charge is 0.486 e. The van der Waals surface area contributed by atoms with Gasteiger partial charge < -0.3 is 9.47 Å². The molecule has 0 bridgehead atoms. The van der Waals surface area contributed by atoms with Gasteiger partial charge in [0.1, 0.15) is 18.5 Å². The van der Waals surface area contributed by atoms with E-state index in [1.807, 2.05) is 37.3 Å². The number of aryl methyl sites for hydroxylation is 1. The van der Waals surface area contributed by atoms with Gasteiger partial charge in [-0.05, 0) is 40.8 Å². The minimum atomic E-state index is -0.956. The van der Waals surface area contributed by atoms with Crippen molar-refractivity contribution in [2.24, 2.45) is 0 Å². The summed E-state index contributed by atoms with van der Waals surface area (Å²) in [4.78, 5) is 0. The maximum absolute atomic E-state index is 14.2. The Hall–Kier alpha value is -2.79. The number of halogens is 3. The first-order valence-electron chi connectivity index (χ1n) is 9.67. The van der Waals surface area contributed by atoms with Crippen LogP contribution in [-0.4, -0.2) is 6.61 Å². The Morgan fingerprint density at radius 1 is 0.931 bits per heavy atom. The molecule has 0 aliphatic carbocycles. The molecular formula is C24H21F3O2. The number of ether oxygens (including phenoxy) is 2. The summed E-state index contributed by atoms with van der Waals surface area (Å²) >= 11 is 0. The smallest absolute Gasteiger partial charge is 0.200 e. The molecule has 4 rings (SSSR count). The van der Waals surface area contributed by atoms with Gasteiger partial charge in [0.15, 0.2) is 11.6 Å². The molecule has 2 nitrogen and oxygen atoms in total. The summed E-state index contributed by atoms with van der Waals surface area (Å²) in [6, 6.07) is 15.5. The molecule has 0 aromatic heterocycles. The molecule has 29 heavy (non-hydrogen) atoms. The van der Waals surface area contributed by atoms with Crippen LogP contribution in [0.5, 0.6) is 5.75 Å². The molecule has 5 heteroatoms. The van der Waals surface area contributed by atoms with E-state index in [0.29, 0.717) is 24.2 Å². The lowest BCUT2D eigenvalue weighted by molar-refractivity contribution is 0.284. The Morgan fingerprint density at radius 2 is 1.66 bits per heavy atom. The number of benzene rings is 3. The Morgan fingerprint density at radius 3 is 2.31 bits per heavy atom. The zero-order chi connectivity index (χ0) is 20.4. The van der Waals surface area contributed by atoms with Crippen molar-refractivity contribution in [2.45, 2.75) is 32.5 Å². The molecule has 3 aromatic carbocycles. The zero-order valence-corrected chi connectivity index (χ0v) is 16.1. The standard InChI is InChI=1S/C24H21F3O2/c1-2-3-17-9-11-21(24(27)23(17)26)28-13-15-4-6-16(7-5-15)18-8-10-19(20(25)12-18)22-14-29-22/h4-12,22H,2-3,13-14H2,1H3. The van der Waals surface area contributed by atoms with Crippen molar-refractivity contribution >= 4 is 0 Å². The van der Waals surface area contributed by atoms with Gasteiger partial charge in [0.25, 0.3) is 0 Å². The van der Waals surface area contributed by atoms with Gasteiger partial charge in [-0.15, -0.1) is 0 Å². The average molecular weight is 398 g/mol. The maximum Gasteiger partial charge on any atom is 0.200 e. The lowest BCUT2D eigenvalue weighted by atomic mass is 10.0. The van der Waals surface area contributed by atoms with Crippen molar-refractivity contribution in [3.63, 3.8) is 0 Å². The SMILES string of the molecule is CCCc1ccc(OCc2ccc(-c3ccc(C4CO4)c(F)c3)cc2)c(F)c1F. The number of hydrogen-bond donors (Lipinski definition) is 0. The Balaban J connectivity index is 1.44. The molecule has 1 saturated heterocycles. The summed E-state index contributed by atoms with van der Waals surface area (Å²) in [6.07, 6.45) is 1.11. The summed E-state index contributed by atoms with van der Waals surface area (Å²) in [5.41, 5.74) is 3.36. The van der Waals surface area contributed by atoms with Gasteiger partial charge in [-0.3, -0.25) is 0 Å². The predicted octanol–water partition coefficient (Wildman–Crippen LogP) is 6.37. The van der Waals surface area contributed by atoms with Gasteiger partial charge >= 0.3 is 0 Å². The van der Waals surface area contributed by atoms with Gasteiger partial charge in [-0.1, -0.05) is 55.8 Å². The molecule has 0 spiro atoms. The average Bonchev–Trinajstić information content (AvgIpc) is 3.56. The third-order valence-electron chi connectivity index (χ3n) is 5.01. The van der Waals surface area contributed by atoms with Crippen molar-refractivity contribution < 1.29 is 22.6 Å². The third-order valence-corrected chi connectivity index (χ3v) is 5.01. The highest BCUT2D eigenvalue weighted by Crippen LogP contribution is 2.33. The van der Waals surface area contributed by atoms with Crippen LogP contribution in [0.15, 0.2) is 54.6 Å². The molecule has 0 radical (unpaired) electrons. The summed E-state index contributed by atoms with van der Waals surface area (Å²) in [7, 11) is 0. The zero-order valence-electron chi connectivity index (χ0n) is 16.1. The molecule has 0 amide bonds. The third kappa shape index (κ3) is 4.30. The Bertz CT molecular complexity index is 1010. The molecule has 0 saturated carbocycles.